The maximum atomic E-state index is 12.7. The number of nitrogens with one attached hydrogen (secondary N) is 1. The summed E-state index contributed by atoms with van der Waals surface area (Å²) in [5.74, 6) is -2.12. The number of esters is 1. The van der Waals surface area contributed by atoms with Crippen LogP contribution < -0.4 is 5.32 Å². The minimum Gasteiger partial charge on any atom is -0.480 e. The first-order valence-corrected chi connectivity index (χ1v) is 11.1. The van der Waals surface area contributed by atoms with Crippen LogP contribution in [0.4, 0.5) is 5.69 Å². The van der Waals surface area contributed by atoms with Gasteiger partial charge < -0.3 is 15.2 Å². The van der Waals surface area contributed by atoms with Gasteiger partial charge in [-0.05, 0) is 17.9 Å². The third-order valence-corrected chi connectivity index (χ3v) is 5.22. The third kappa shape index (κ3) is 6.84. The fourth-order valence-corrected chi connectivity index (χ4v) is 3.46. The first kappa shape index (κ1) is 24.8. The summed E-state index contributed by atoms with van der Waals surface area (Å²) >= 11 is 17.0. The molecule has 1 unspecified atom stereocenters. The molecule has 172 valence electrons. The number of anilines is 1. The Morgan fingerprint density at radius 1 is 0.939 bits per heavy atom. The molecule has 1 atom stereocenters. The molecule has 0 aliphatic rings. The van der Waals surface area contributed by atoms with Crippen molar-refractivity contribution in [3.05, 3.63) is 77.9 Å². The number of halogens is 3. The van der Waals surface area contributed by atoms with Crippen LogP contribution in [0.15, 0.2) is 66.7 Å². The number of rotatable bonds is 9. The van der Waals surface area contributed by atoms with Gasteiger partial charge in [0.15, 0.2) is 5.78 Å². The van der Waals surface area contributed by atoms with E-state index in [1.165, 1.54) is 6.07 Å². The summed E-state index contributed by atoms with van der Waals surface area (Å²) in [5.41, 5.74) is 0.855. The lowest BCUT2D eigenvalue weighted by Gasteiger charge is -2.20. The second-order valence-electron chi connectivity index (χ2n) is 7.26. The van der Waals surface area contributed by atoms with Crippen molar-refractivity contribution in [3.8, 4) is 0 Å². The maximum Gasteiger partial charge on any atom is 0.340 e. The molecule has 0 heterocycles. The van der Waals surface area contributed by atoms with E-state index in [9.17, 15) is 19.5 Å². The molecule has 0 aliphatic carbocycles. The first-order chi connectivity index (χ1) is 15.7. The van der Waals surface area contributed by atoms with Gasteiger partial charge in [-0.25, -0.2) is 9.59 Å². The Balaban J connectivity index is 1.88. The topological polar surface area (TPSA) is 92.7 Å². The smallest absolute Gasteiger partial charge is 0.340 e. The highest BCUT2D eigenvalue weighted by molar-refractivity contribution is 6.67. The average Bonchev–Trinajstić information content (AvgIpc) is 2.79. The molecule has 0 saturated heterocycles. The van der Waals surface area contributed by atoms with Gasteiger partial charge in [0.2, 0.25) is 3.79 Å². The highest BCUT2D eigenvalue weighted by Crippen LogP contribution is 2.31. The number of ether oxygens (including phenoxy) is 1. The Labute approximate surface area is 205 Å². The summed E-state index contributed by atoms with van der Waals surface area (Å²) in [6.45, 7) is -0.475. The van der Waals surface area contributed by atoms with Gasteiger partial charge in [-0.1, -0.05) is 95.5 Å². The number of hydrogen-bond acceptors (Lipinski definition) is 5. The Bertz CT molecular complexity index is 1160. The molecule has 0 spiro atoms. The zero-order chi connectivity index (χ0) is 24.0. The molecule has 2 N–H and O–H groups in total. The number of carboxylic acids is 1. The van der Waals surface area contributed by atoms with Gasteiger partial charge in [-0.2, -0.15) is 0 Å². The van der Waals surface area contributed by atoms with E-state index >= 15 is 0 Å². The van der Waals surface area contributed by atoms with Crippen LogP contribution in [0.25, 0.3) is 10.8 Å². The van der Waals surface area contributed by atoms with Crippen molar-refractivity contribution in [2.24, 2.45) is 0 Å². The molecule has 3 aromatic carbocycles. The van der Waals surface area contributed by atoms with E-state index in [0.29, 0.717) is 10.9 Å². The zero-order valence-electron chi connectivity index (χ0n) is 17.3. The molecular formula is C24H20Cl3NO5. The van der Waals surface area contributed by atoms with Gasteiger partial charge in [0, 0.05) is 17.4 Å². The molecule has 6 nitrogen and oxygen atoms in total. The molecule has 0 amide bonds. The van der Waals surface area contributed by atoms with E-state index in [4.69, 9.17) is 39.5 Å². The number of Topliss-reactive ketones (excluding diaryl/α,β-unsaturated/α-hetero) is 1. The van der Waals surface area contributed by atoms with Crippen LogP contribution in [0.5, 0.6) is 0 Å². The Morgan fingerprint density at radius 3 is 2.27 bits per heavy atom. The number of fused-ring (bicyclic) bond motifs is 1. The van der Waals surface area contributed by atoms with Gasteiger partial charge in [0.1, 0.15) is 12.6 Å². The first-order valence-electron chi connectivity index (χ1n) is 9.99. The number of carbonyl (C=O) groups is 3. The monoisotopic (exact) mass is 507 g/mol. The molecule has 0 saturated carbocycles. The molecule has 33 heavy (non-hydrogen) atoms. The summed E-state index contributed by atoms with van der Waals surface area (Å²) in [6, 6.07) is 17.9. The largest absolute Gasteiger partial charge is 0.480 e. The van der Waals surface area contributed by atoms with Crippen molar-refractivity contribution in [3.63, 3.8) is 0 Å². The van der Waals surface area contributed by atoms with E-state index in [-0.39, 0.29) is 29.9 Å². The Hall–Kier alpha value is -2.80. The van der Waals surface area contributed by atoms with Crippen LogP contribution in [-0.4, -0.2) is 39.3 Å². The van der Waals surface area contributed by atoms with Gasteiger partial charge in [-0.3, -0.25) is 4.79 Å². The maximum absolute atomic E-state index is 12.7. The predicted octanol–water partition coefficient (Wildman–Crippen LogP) is 5.90. The number of ketones is 1. The molecule has 3 rings (SSSR count). The minimum atomic E-state index is -1.79. The number of aliphatic carboxylic acids is 1. The number of carbonyl (C=O) groups excluding carboxylic acids is 2. The fraction of sp³-hybridized carbons (Fsp3) is 0.208. The second-order valence-corrected chi connectivity index (χ2v) is 9.78. The van der Waals surface area contributed by atoms with Crippen molar-refractivity contribution in [1.82, 2.24) is 0 Å². The van der Waals surface area contributed by atoms with E-state index < -0.39 is 28.4 Å². The standard InChI is InChI=1S/C24H20Cl3NO5/c25-24(26,27)14-33-23(32)18-11-10-15-6-4-5-9-17(15)21(18)28-19(22(30)31)12-13-20(29)16-7-2-1-3-8-16/h1-11,19,28H,12-14H2,(H,30,31). The van der Waals surface area contributed by atoms with E-state index in [2.05, 4.69) is 5.32 Å². The van der Waals surface area contributed by atoms with Crippen LogP contribution in [-0.2, 0) is 9.53 Å². The molecule has 0 aromatic heterocycles. The van der Waals surface area contributed by atoms with Gasteiger partial charge in [-0.15, -0.1) is 0 Å². The zero-order valence-corrected chi connectivity index (χ0v) is 19.5. The lowest BCUT2D eigenvalue weighted by atomic mass is 10.0. The van der Waals surface area contributed by atoms with Crippen molar-refractivity contribution < 1.29 is 24.2 Å². The number of alkyl halides is 3. The molecule has 0 bridgehead atoms. The normalized spacial score (nSPS) is 12.2. The lowest BCUT2D eigenvalue weighted by Crippen LogP contribution is -2.31. The summed E-state index contributed by atoms with van der Waals surface area (Å²) in [7, 11) is 0. The number of hydrogen-bond donors (Lipinski definition) is 2. The van der Waals surface area contributed by atoms with Crippen molar-refractivity contribution in [2.75, 3.05) is 11.9 Å². The molecule has 3 aromatic rings. The Morgan fingerprint density at radius 2 is 1.61 bits per heavy atom. The Kier molecular flexibility index (Phi) is 8.19. The summed E-state index contributed by atoms with van der Waals surface area (Å²) in [5, 5.41) is 14.1. The van der Waals surface area contributed by atoms with Gasteiger partial charge >= 0.3 is 11.9 Å². The molecule has 0 fully saturated rings. The van der Waals surface area contributed by atoms with Crippen molar-refractivity contribution >= 4 is 69.0 Å². The van der Waals surface area contributed by atoms with Crippen LogP contribution in [0.3, 0.4) is 0 Å². The van der Waals surface area contributed by atoms with E-state index in [1.54, 1.807) is 48.5 Å². The van der Waals surface area contributed by atoms with E-state index in [1.807, 2.05) is 12.1 Å². The van der Waals surface area contributed by atoms with Crippen molar-refractivity contribution in [2.45, 2.75) is 22.7 Å². The molecular weight excluding hydrogens is 489 g/mol. The van der Waals surface area contributed by atoms with Crippen molar-refractivity contribution in [1.29, 1.82) is 0 Å². The average molecular weight is 509 g/mol. The fourth-order valence-electron chi connectivity index (χ4n) is 3.30. The number of benzene rings is 3. The van der Waals surface area contributed by atoms with E-state index in [0.717, 1.165) is 5.39 Å². The molecule has 0 aliphatic heterocycles. The van der Waals surface area contributed by atoms with Crippen LogP contribution in [0.1, 0.15) is 33.6 Å². The SMILES string of the molecule is O=C(CCC(Nc1c(C(=O)OCC(Cl)(Cl)Cl)ccc2ccccc12)C(=O)O)c1ccccc1. The lowest BCUT2D eigenvalue weighted by molar-refractivity contribution is -0.138. The molecule has 0 radical (unpaired) electrons. The highest BCUT2D eigenvalue weighted by Gasteiger charge is 2.26. The summed E-state index contributed by atoms with van der Waals surface area (Å²) in [4.78, 5) is 37.2. The summed E-state index contributed by atoms with van der Waals surface area (Å²) in [6.07, 6.45) is 0.0146. The highest BCUT2D eigenvalue weighted by atomic mass is 35.6. The number of carboxylic acid groups (broad SMARTS) is 1. The van der Waals surface area contributed by atoms with Crippen LogP contribution >= 0.6 is 34.8 Å². The van der Waals surface area contributed by atoms with Crippen LogP contribution in [0.2, 0.25) is 0 Å². The third-order valence-electron chi connectivity index (χ3n) is 4.89. The molecule has 9 heteroatoms. The van der Waals surface area contributed by atoms with Gasteiger partial charge in [0.25, 0.3) is 0 Å². The predicted molar refractivity (Wildman–Crippen MR) is 130 cm³/mol. The van der Waals surface area contributed by atoms with Gasteiger partial charge in [0.05, 0.1) is 11.3 Å². The van der Waals surface area contributed by atoms with Crippen LogP contribution in [0, 0.1) is 0 Å². The summed E-state index contributed by atoms with van der Waals surface area (Å²) < 4.78 is 3.31. The quantitative estimate of drug-likeness (QED) is 0.212. The second kappa shape index (κ2) is 10.9. The minimum absolute atomic E-state index is 0.00574.